The first-order chi connectivity index (χ1) is 12.0. The van der Waals surface area contributed by atoms with Gasteiger partial charge in [0, 0.05) is 11.5 Å². The monoisotopic (exact) mass is 416 g/mol. The van der Waals surface area contributed by atoms with Gasteiger partial charge in [-0.05, 0) is 47.7 Å². The van der Waals surface area contributed by atoms with E-state index in [9.17, 15) is 14.7 Å². The number of halogens is 1. The average molecular weight is 417 g/mol. The van der Waals surface area contributed by atoms with Crippen LogP contribution in [0, 0.1) is 0 Å². The van der Waals surface area contributed by atoms with Crippen molar-refractivity contribution in [2.75, 3.05) is 7.05 Å². The fourth-order valence-electron chi connectivity index (χ4n) is 2.22. The highest BCUT2D eigenvalue weighted by molar-refractivity contribution is 9.10. The molecule has 5 nitrogen and oxygen atoms in total. The maximum atomic E-state index is 12.4. The number of thioether (sulfide) groups is 1. The Balaban J connectivity index is 1.94. The molecule has 1 amide bonds. The van der Waals surface area contributed by atoms with Gasteiger partial charge in [-0.25, -0.2) is 9.79 Å². The Kier molecular flexibility index (Phi) is 5.06. The van der Waals surface area contributed by atoms with Gasteiger partial charge >= 0.3 is 5.97 Å². The molecule has 1 saturated heterocycles. The van der Waals surface area contributed by atoms with E-state index in [-0.39, 0.29) is 11.5 Å². The summed E-state index contributed by atoms with van der Waals surface area (Å²) in [6.45, 7) is 0. The van der Waals surface area contributed by atoms with Crippen molar-refractivity contribution in [3.8, 4) is 0 Å². The van der Waals surface area contributed by atoms with E-state index < -0.39 is 5.97 Å². The number of benzene rings is 2. The molecule has 0 aromatic heterocycles. The van der Waals surface area contributed by atoms with Gasteiger partial charge in [-0.2, -0.15) is 0 Å². The van der Waals surface area contributed by atoms with Crippen molar-refractivity contribution in [3.63, 3.8) is 0 Å². The minimum absolute atomic E-state index is 0.0989. The number of para-hydroxylation sites is 1. The third-order valence-corrected chi connectivity index (χ3v) is 5.11. The van der Waals surface area contributed by atoms with Crippen molar-refractivity contribution in [2.24, 2.45) is 4.99 Å². The van der Waals surface area contributed by atoms with Crippen LogP contribution in [0.3, 0.4) is 0 Å². The first-order valence-corrected chi connectivity index (χ1v) is 8.91. The smallest absolute Gasteiger partial charge is 0.337 e. The lowest BCUT2D eigenvalue weighted by Crippen LogP contribution is -2.23. The molecule has 2 aromatic rings. The molecule has 0 atom stereocenters. The van der Waals surface area contributed by atoms with Crippen LogP contribution in [0.15, 0.2) is 62.9 Å². The molecule has 1 aliphatic rings. The van der Waals surface area contributed by atoms with Crippen LogP contribution >= 0.6 is 27.7 Å². The number of amides is 1. The second-order valence-corrected chi connectivity index (χ2v) is 7.17. The van der Waals surface area contributed by atoms with E-state index in [0.717, 1.165) is 10.0 Å². The van der Waals surface area contributed by atoms with Crippen LogP contribution < -0.4 is 0 Å². The average Bonchev–Trinajstić information content (AvgIpc) is 2.85. The normalized spacial score (nSPS) is 17.5. The number of carbonyl (C=O) groups excluding carboxylic acids is 1. The summed E-state index contributed by atoms with van der Waals surface area (Å²) in [5.41, 5.74) is 1.32. The van der Waals surface area contributed by atoms with Crippen LogP contribution in [0.1, 0.15) is 15.9 Å². The molecule has 0 saturated carbocycles. The van der Waals surface area contributed by atoms with Crippen LogP contribution in [-0.2, 0) is 4.79 Å². The Morgan fingerprint density at radius 3 is 2.56 bits per heavy atom. The van der Waals surface area contributed by atoms with Crippen LogP contribution in [-0.4, -0.2) is 34.1 Å². The molecule has 0 unspecified atom stereocenters. The number of nitrogens with zero attached hydrogens (tertiary/aromatic N) is 2. The molecule has 1 heterocycles. The van der Waals surface area contributed by atoms with Crippen LogP contribution in [0.2, 0.25) is 0 Å². The van der Waals surface area contributed by atoms with Crippen LogP contribution in [0.25, 0.3) is 6.08 Å². The molecule has 2 aromatic carbocycles. The van der Waals surface area contributed by atoms with Crippen molar-refractivity contribution >= 4 is 56.5 Å². The van der Waals surface area contributed by atoms with E-state index in [1.165, 1.54) is 22.7 Å². The van der Waals surface area contributed by atoms with Gasteiger partial charge in [0.15, 0.2) is 5.17 Å². The summed E-state index contributed by atoms with van der Waals surface area (Å²) in [7, 11) is 1.62. The van der Waals surface area contributed by atoms with E-state index in [0.29, 0.717) is 15.8 Å². The fraction of sp³-hybridized carbons (Fsp3) is 0.0556. The van der Waals surface area contributed by atoms with Gasteiger partial charge in [0.2, 0.25) is 0 Å². The molecule has 0 aliphatic carbocycles. The third-order valence-electron chi connectivity index (χ3n) is 3.52. The molecule has 1 aliphatic heterocycles. The van der Waals surface area contributed by atoms with Crippen molar-refractivity contribution < 1.29 is 14.7 Å². The van der Waals surface area contributed by atoms with Crippen LogP contribution in [0.5, 0.6) is 0 Å². The van der Waals surface area contributed by atoms with Gasteiger partial charge < -0.3 is 5.11 Å². The summed E-state index contributed by atoms with van der Waals surface area (Å²) in [6, 6.07) is 14.1. The molecule has 0 bridgehead atoms. The Labute approximate surface area is 157 Å². The maximum absolute atomic E-state index is 12.4. The summed E-state index contributed by atoms with van der Waals surface area (Å²) in [5.74, 6) is -1.22. The van der Waals surface area contributed by atoms with Gasteiger partial charge in [0.1, 0.15) is 0 Å². The predicted molar refractivity (Wildman–Crippen MR) is 103 cm³/mol. The number of carboxylic acid groups (broad SMARTS) is 1. The zero-order valence-corrected chi connectivity index (χ0v) is 15.5. The largest absolute Gasteiger partial charge is 0.478 e. The number of carbonyl (C=O) groups is 2. The number of likely N-dealkylation sites (N-methyl/N-ethyl adjacent to an activating group) is 1. The first-order valence-electron chi connectivity index (χ1n) is 7.30. The zero-order valence-electron chi connectivity index (χ0n) is 13.1. The van der Waals surface area contributed by atoms with Gasteiger partial charge in [-0.1, -0.05) is 40.2 Å². The van der Waals surface area contributed by atoms with Crippen LogP contribution in [0.4, 0.5) is 5.69 Å². The van der Waals surface area contributed by atoms with E-state index >= 15 is 0 Å². The van der Waals surface area contributed by atoms with Gasteiger partial charge in [-0.15, -0.1) is 0 Å². The highest BCUT2D eigenvalue weighted by atomic mass is 79.9. The quantitative estimate of drug-likeness (QED) is 0.753. The molecule has 126 valence electrons. The topological polar surface area (TPSA) is 70.0 Å². The second kappa shape index (κ2) is 7.25. The zero-order chi connectivity index (χ0) is 18.0. The van der Waals surface area contributed by atoms with E-state index in [1.54, 1.807) is 31.3 Å². The predicted octanol–water partition coefficient (Wildman–Crippen LogP) is 4.38. The molecule has 0 spiro atoms. The number of carboxylic acids is 1. The summed E-state index contributed by atoms with van der Waals surface area (Å²) >= 11 is 4.60. The third kappa shape index (κ3) is 3.83. The van der Waals surface area contributed by atoms with Gasteiger partial charge in [-0.3, -0.25) is 9.69 Å². The molecular weight excluding hydrogens is 404 g/mol. The number of aromatic carboxylic acids is 1. The van der Waals surface area contributed by atoms with Crippen molar-refractivity contribution in [1.29, 1.82) is 0 Å². The maximum Gasteiger partial charge on any atom is 0.337 e. The Morgan fingerprint density at radius 1 is 1.20 bits per heavy atom. The van der Waals surface area contributed by atoms with Crippen molar-refractivity contribution in [1.82, 2.24) is 4.90 Å². The first kappa shape index (κ1) is 17.4. The Bertz CT molecular complexity index is 907. The molecule has 3 rings (SSSR count). The molecule has 1 fully saturated rings. The summed E-state index contributed by atoms with van der Waals surface area (Å²) in [6.07, 6.45) is 1.79. The lowest BCUT2D eigenvalue weighted by molar-refractivity contribution is -0.121. The van der Waals surface area contributed by atoms with E-state index in [2.05, 4.69) is 20.9 Å². The van der Waals surface area contributed by atoms with E-state index in [4.69, 9.17) is 0 Å². The number of rotatable bonds is 3. The van der Waals surface area contributed by atoms with Gasteiger partial charge in [0.05, 0.1) is 16.2 Å². The summed E-state index contributed by atoms with van der Waals surface area (Å²) in [4.78, 5) is 30.1. The summed E-state index contributed by atoms with van der Waals surface area (Å²) < 4.78 is 0.963. The lowest BCUT2D eigenvalue weighted by Gasteiger charge is -2.08. The number of aliphatic imine (C=N–C) groups is 1. The number of amidine groups is 1. The molecule has 7 heteroatoms. The number of hydrogen-bond acceptors (Lipinski definition) is 4. The van der Waals surface area contributed by atoms with Gasteiger partial charge in [0.25, 0.3) is 5.91 Å². The van der Waals surface area contributed by atoms with Crippen molar-refractivity contribution in [3.05, 3.63) is 69.0 Å². The second-order valence-electron chi connectivity index (χ2n) is 5.24. The highest BCUT2D eigenvalue weighted by Gasteiger charge is 2.30. The standard InChI is InChI=1S/C18H13BrN2O3S/c1-21-16(22)15(10-11-6-8-12(19)9-7-11)25-18(21)20-14-5-3-2-4-13(14)17(23)24/h2-10H,1H3,(H,23,24)/b15-10-,20-18?. The minimum atomic E-state index is -1.05. The summed E-state index contributed by atoms with van der Waals surface area (Å²) in [5, 5.41) is 9.70. The lowest BCUT2D eigenvalue weighted by atomic mass is 10.2. The van der Waals surface area contributed by atoms with Crippen molar-refractivity contribution in [2.45, 2.75) is 0 Å². The fourth-order valence-corrected chi connectivity index (χ4v) is 3.46. The molecule has 1 N–H and O–H groups in total. The minimum Gasteiger partial charge on any atom is -0.478 e. The highest BCUT2D eigenvalue weighted by Crippen LogP contribution is 2.34. The Morgan fingerprint density at radius 2 is 1.88 bits per heavy atom. The number of hydrogen-bond donors (Lipinski definition) is 1. The molecular formula is C18H13BrN2O3S. The molecule has 0 radical (unpaired) electrons. The van der Waals surface area contributed by atoms with E-state index in [1.807, 2.05) is 24.3 Å². The molecule has 25 heavy (non-hydrogen) atoms. The Hall–Kier alpha value is -2.38. The SMILES string of the molecule is CN1C(=O)/C(=C/c2ccc(Br)cc2)SC1=Nc1ccccc1C(=O)O.